The largest absolute Gasteiger partial charge is 0.493 e. The number of benzene rings is 2. The Morgan fingerprint density at radius 2 is 1.96 bits per heavy atom. The molecule has 0 unspecified atom stereocenters. The Hall–Kier alpha value is -2.69. The predicted octanol–water partition coefficient (Wildman–Crippen LogP) is 3.53. The topological polar surface area (TPSA) is 73.6 Å². The van der Waals surface area contributed by atoms with Crippen LogP contribution in [0.15, 0.2) is 42.5 Å². The number of hydrogen-bond acceptors (Lipinski definition) is 4. The van der Waals surface area contributed by atoms with Crippen LogP contribution in [0.5, 0.6) is 11.5 Å². The Kier molecular flexibility index (Phi) is 5.43. The van der Waals surface area contributed by atoms with Gasteiger partial charge in [-0.05, 0) is 61.6 Å². The molecule has 0 radical (unpaired) electrons. The van der Waals surface area contributed by atoms with Gasteiger partial charge in [0.25, 0.3) is 5.91 Å². The molecule has 25 heavy (non-hydrogen) atoms. The minimum Gasteiger partial charge on any atom is -0.493 e. The molecule has 1 aliphatic carbocycles. The molecule has 5 nitrogen and oxygen atoms in total. The van der Waals surface area contributed by atoms with Crippen molar-refractivity contribution in [3.05, 3.63) is 53.6 Å². The van der Waals surface area contributed by atoms with Crippen molar-refractivity contribution in [1.82, 2.24) is 5.32 Å². The summed E-state index contributed by atoms with van der Waals surface area (Å²) in [4.78, 5) is 12.2. The van der Waals surface area contributed by atoms with E-state index in [1.54, 1.807) is 31.4 Å². The van der Waals surface area contributed by atoms with Crippen molar-refractivity contribution in [1.29, 1.82) is 0 Å². The summed E-state index contributed by atoms with van der Waals surface area (Å²) in [5, 5.41) is 2.91. The van der Waals surface area contributed by atoms with Gasteiger partial charge in [0.15, 0.2) is 11.5 Å². The number of nitrogens with one attached hydrogen (secondary N) is 1. The first kappa shape index (κ1) is 17.1. The predicted molar refractivity (Wildman–Crippen MR) is 97.9 cm³/mol. The van der Waals surface area contributed by atoms with E-state index in [-0.39, 0.29) is 12.0 Å². The first-order valence-electron chi connectivity index (χ1n) is 8.63. The van der Waals surface area contributed by atoms with Crippen LogP contribution in [-0.2, 0) is 6.54 Å². The number of carbonyl (C=O) groups excluding carboxylic acids is 1. The molecule has 0 bridgehead atoms. The van der Waals surface area contributed by atoms with Gasteiger partial charge in [-0.2, -0.15) is 0 Å². The number of carbonyl (C=O) groups is 1. The van der Waals surface area contributed by atoms with Crippen LogP contribution in [0.1, 0.15) is 41.6 Å². The Balaban J connectivity index is 1.66. The van der Waals surface area contributed by atoms with Gasteiger partial charge in [0.1, 0.15) is 0 Å². The molecule has 0 spiro atoms. The van der Waals surface area contributed by atoms with Gasteiger partial charge in [-0.15, -0.1) is 0 Å². The molecule has 1 amide bonds. The van der Waals surface area contributed by atoms with Crippen LogP contribution in [0.25, 0.3) is 0 Å². The van der Waals surface area contributed by atoms with Crippen LogP contribution in [0, 0.1) is 0 Å². The second kappa shape index (κ2) is 7.92. The number of amides is 1. The lowest BCUT2D eigenvalue weighted by Gasteiger charge is -2.17. The molecule has 3 N–H and O–H groups in total. The monoisotopic (exact) mass is 340 g/mol. The lowest BCUT2D eigenvalue weighted by Crippen LogP contribution is -2.23. The summed E-state index contributed by atoms with van der Waals surface area (Å²) in [5.74, 6) is 1.31. The summed E-state index contributed by atoms with van der Waals surface area (Å²) < 4.78 is 11.5. The van der Waals surface area contributed by atoms with Crippen molar-refractivity contribution in [3.8, 4) is 11.5 Å². The van der Waals surface area contributed by atoms with Gasteiger partial charge in [0, 0.05) is 17.8 Å². The Morgan fingerprint density at radius 1 is 1.16 bits per heavy atom. The molecular formula is C20H24N2O3. The van der Waals surface area contributed by atoms with Gasteiger partial charge in [0.05, 0.1) is 13.2 Å². The highest BCUT2D eigenvalue weighted by molar-refractivity contribution is 5.94. The zero-order chi connectivity index (χ0) is 17.6. The quantitative estimate of drug-likeness (QED) is 0.789. The molecule has 1 saturated carbocycles. The van der Waals surface area contributed by atoms with E-state index in [0.29, 0.717) is 17.8 Å². The van der Waals surface area contributed by atoms with Gasteiger partial charge in [-0.3, -0.25) is 4.79 Å². The molecule has 0 heterocycles. The number of ether oxygens (including phenoxy) is 2. The first-order valence-corrected chi connectivity index (χ1v) is 8.63. The van der Waals surface area contributed by atoms with Crippen LogP contribution >= 0.6 is 0 Å². The fourth-order valence-electron chi connectivity index (χ4n) is 3.07. The fraction of sp³-hybridized carbons (Fsp3) is 0.350. The van der Waals surface area contributed by atoms with E-state index < -0.39 is 0 Å². The summed E-state index contributed by atoms with van der Waals surface area (Å²) in [6.45, 7) is 0.415. The molecular weight excluding hydrogens is 316 g/mol. The standard InChI is InChI=1S/C20H24N2O3/c1-24-18-10-9-14(11-19(18)25-17-7-2-3-8-17)13-22-20(23)15-5-4-6-16(21)12-15/h4-6,9-12,17H,2-3,7-8,13,21H2,1H3,(H,22,23). The molecule has 0 aliphatic heterocycles. The zero-order valence-corrected chi connectivity index (χ0v) is 14.5. The van der Waals surface area contributed by atoms with Gasteiger partial charge in [-0.25, -0.2) is 0 Å². The van der Waals surface area contributed by atoms with Crippen LogP contribution in [0.4, 0.5) is 5.69 Å². The van der Waals surface area contributed by atoms with E-state index in [2.05, 4.69) is 5.32 Å². The highest BCUT2D eigenvalue weighted by Crippen LogP contribution is 2.32. The third-order valence-electron chi connectivity index (χ3n) is 4.43. The van der Waals surface area contributed by atoms with Crippen molar-refractivity contribution in [2.45, 2.75) is 38.3 Å². The molecule has 3 rings (SSSR count). The normalized spacial score (nSPS) is 14.3. The molecule has 2 aromatic rings. The maximum atomic E-state index is 12.2. The van der Waals surface area contributed by atoms with Crippen LogP contribution in [-0.4, -0.2) is 19.1 Å². The number of hydrogen-bond donors (Lipinski definition) is 2. The number of rotatable bonds is 6. The van der Waals surface area contributed by atoms with E-state index in [4.69, 9.17) is 15.2 Å². The summed E-state index contributed by atoms with van der Waals surface area (Å²) in [6.07, 6.45) is 4.84. The van der Waals surface area contributed by atoms with Crippen molar-refractivity contribution in [2.75, 3.05) is 12.8 Å². The molecule has 0 aromatic heterocycles. The second-order valence-corrected chi connectivity index (χ2v) is 6.32. The average Bonchev–Trinajstić information content (AvgIpc) is 3.13. The van der Waals surface area contributed by atoms with E-state index in [0.717, 1.165) is 29.9 Å². The minimum atomic E-state index is -0.152. The molecule has 0 atom stereocenters. The van der Waals surface area contributed by atoms with Gasteiger partial charge in [-0.1, -0.05) is 12.1 Å². The Labute approximate surface area is 148 Å². The van der Waals surface area contributed by atoms with E-state index in [1.165, 1.54) is 12.8 Å². The third kappa shape index (κ3) is 4.44. The number of methoxy groups -OCH3 is 1. The molecule has 1 fully saturated rings. The summed E-state index contributed by atoms with van der Waals surface area (Å²) in [6, 6.07) is 12.7. The minimum absolute atomic E-state index is 0.152. The van der Waals surface area contributed by atoms with Gasteiger partial charge < -0.3 is 20.5 Å². The smallest absolute Gasteiger partial charge is 0.251 e. The summed E-state index contributed by atoms with van der Waals surface area (Å²) >= 11 is 0. The molecule has 5 heteroatoms. The summed E-state index contributed by atoms with van der Waals surface area (Å²) in [5.41, 5.74) is 7.81. The summed E-state index contributed by atoms with van der Waals surface area (Å²) in [7, 11) is 1.64. The van der Waals surface area contributed by atoms with Crippen LogP contribution in [0.2, 0.25) is 0 Å². The molecule has 132 valence electrons. The molecule has 1 aliphatic rings. The Morgan fingerprint density at radius 3 is 2.68 bits per heavy atom. The maximum absolute atomic E-state index is 12.2. The number of nitrogens with two attached hydrogens (primary N) is 1. The van der Waals surface area contributed by atoms with E-state index >= 15 is 0 Å². The zero-order valence-electron chi connectivity index (χ0n) is 14.5. The second-order valence-electron chi connectivity index (χ2n) is 6.32. The first-order chi connectivity index (χ1) is 12.2. The third-order valence-corrected chi connectivity index (χ3v) is 4.43. The average molecular weight is 340 g/mol. The van der Waals surface area contributed by atoms with Crippen LogP contribution < -0.4 is 20.5 Å². The molecule has 0 saturated heterocycles. The van der Waals surface area contributed by atoms with Gasteiger partial charge in [0.2, 0.25) is 0 Å². The van der Waals surface area contributed by atoms with E-state index in [1.807, 2.05) is 18.2 Å². The van der Waals surface area contributed by atoms with Crippen molar-refractivity contribution < 1.29 is 14.3 Å². The van der Waals surface area contributed by atoms with Crippen molar-refractivity contribution in [2.24, 2.45) is 0 Å². The molecule has 2 aromatic carbocycles. The van der Waals surface area contributed by atoms with Crippen LogP contribution in [0.3, 0.4) is 0 Å². The SMILES string of the molecule is COc1ccc(CNC(=O)c2cccc(N)c2)cc1OC1CCCC1. The number of anilines is 1. The van der Waals surface area contributed by atoms with Crippen molar-refractivity contribution in [3.63, 3.8) is 0 Å². The van der Waals surface area contributed by atoms with Gasteiger partial charge >= 0.3 is 0 Å². The highest BCUT2D eigenvalue weighted by atomic mass is 16.5. The van der Waals surface area contributed by atoms with E-state index in [9.17, 15) is 4.79 Å². The fourth-order valence-corrected chi connectivity index (χ4v) is 3.07. The Bertz CT molecular complexity index is 739. The maximum Gasteiger partial charge on any atom is 0.251 e. The lowest BCUT2D eigenvalue weighted by atomic mass is 10.1. The lowest BCUT2D eigenvalue weighted by molar-refractivity contribution is 0.0951. The highest BCUT2D eigenvalue weighted by Gasteiger charge is 2.18. The number of nitrogen functional groups attached to an aromatic ring is 1. The van der Waals surface area contributed by atoms with Crippen molar-refractivity contribution >= 4 is 11.6 Å².